The zero-order chi connectivity index (χ0) is 20.8. The summed E-state index contributed by atoms with van der Waals surface area (Å²) in [4.78, 5) is 36.8. The van der Waals surface area contributed by atoms with Crippen LogP contribution in [0.15, 0.2) is 48.5 Å². The number of nitro groups is 1. The van der Waals surface area contributed by atoms with Crippen LogP contribution in [0.4, 0.5) is 11.4 Å². The van der Waals surface area contributed by atoms with Crippen LogP contribution in [0.3, 0.4) is 0 Å². The van der Waals surface area contributed by atoms with Gasteiger partial charge < -0.3 is 14.4 Å². The topological polar surface area (TPSA) is 99.0 Å². The lowest BCUT2D eigenvalue weighted by Gasteiger charge is -2.32. The molecule has 0 saturated carbocycles. The number of methoxy groups -OCH3 is 1. The SMILES string of the molecule is COC(=O)c1cccc(COC(=O)C2CCN(c3ccccc3[N+](=O)[O-])CC2)c1. The number of carbonyl (C=O) groups excluding carboxylic acids is 2. The molecule has 0 amide bonds. The number of nitro benzene ring substituents is 1. The number of hydrogen-bond acceptors (Lipinski definition) is 7. The van der Waals surface area contributed by atoms with E-state index in [9.17, 15) is 19.7 Å². The lowest BCUT2D eigenvalue weighted by atomic mass is 9.96. The van der Waals surface area contributed by atoms with E-state index in [4.69, 9.17) is 4.74 Å². The summed E-state index contributed by atoms with van der Waals surface area (Å²) in [7, 11) is 1.31. The van der Waals surface area contributed by atoms with Gasteiger partial charge in [-0.3, -0.25) is 14.9 Å². The molecule has 0 spiro atoms. The molecule has 2 aromatic rings. The lowest BCUT2D eigenvalue weighted by Crippen LogP contribution is -2.37. The Morgan fingerprint density at radius 1 is 1.14 bits per heavy atom. The fourth-order valence-corrected chi connectivity index (χ4v) is 3.42. The third-order valence-corrected chi connectivity index (χ3v) is 4.98. The summed E-state index contributed by atoms with van der Waals surface area (Å²) in [6.07, 6.45) is 1.13. The third-order valence-electron chi connectivity index (χ3n) is 4.98. The molecule has 0 unspecified atom stereocenters. The van der Waals surface area contributed by atoms with E-state index in [-0.39, 0.29) is 24.2 Å². The van der Waals surface area contributed by atoms with E-state index >= 15 is 0 Å². The van der Waals surface area contributed by atoms with E-state index in [0.29, 0.717) is 42.7 Å². The Balaban J connectivity index is 1.55. The van der Waals surface area contributed by atoms with Crippen molar-refractivity contribution in [2.75, 3.05) is 25.1 Å². The highest BCUT2D eigenvalue weighted by molar-refractivity contribution is 5.89. The quantitative estimate of drug-likeness (QED) is 0.418. The Morgan fingerprint density at radius 2 is 1.86 bits per heavy atom. The van der Waals surface area contributed by atoms with Crippen LogP contribution in [-0.4, -0.2) is 37.1 Å². The molecular formula is C21H22N2O6. The van der Waals surface area contributed by atoms with Crippen molar-refractivity contribution in [3.05, 3.63) is 69.8 Å². The summed E-state index contributed by atoms with van der Waals surface area (Å²) >= 11 is 0. The number of nitrogens with zero attached hydrogens (tertiary/aromatic N) is 2. The van der Waals surface area contributed by atoms with E-state index in [1.807, 2.05) is 4.90 Å². The highest BCUT2D eigenvalue weighted by Crippen LogP contribution is 2.31. The average Bonchev–Trinajstić information content (AvgIpc) is 2.77. The molecule has 2 aromatic carbocycles. The van der Waals surface area contributed by atoms with E-state index in [1.165, 1.54) is 13.2 Å². The van der Waals surface area contributed by atoms with Gasteiger partial charge in [-0.15, -0.1) is 0 Å². The Labute approximate surface area is 168 Å². The number of hydrogen-bond donors (Lipinski definition) is 0. The molecule has 29 heavy (non-hydrogen) atoms. The van der Waals surface area contributed by atoms with Gasteiger partial charge in [0.25, 0.3) is 5.69 Å². The molecule has 1 aliphatic heterocycles. The van der Waals surface area contributed by atoms with Gasteiger partial charge in [0, 0.05) is 19.2 Å². The van der Waals surface area contributed by atoms with Gasteiger partial charge in [-0.1, -0.05) is 24.3 Å². The third kappa shape index (κ3) is 4.90. The summed E-state index contributed by atoms with van der Waals surface area (Å²) in [6.45, 7) is 1.17. The molecule has 0 radical (unpaired) electrons. The first-order valence-corrected chi connectivity index (χ1v) is 9.32. The predicted octanol–water partition coefficient (Wildman–Crippen LogP) is 3.34. The molecule has 1 heterocycles. The van der Waals surface area contributed by atoms with Gasteiger partial charge in [0.1, 0.15) is 12.3 Å². The molecular weight excluding hydrogens is 376 g/mol. The van der Waals surface area contributed by atoms with Gasteiger partial charge in [-0.25, -0.2) is 4.79 Å². The number of ether oxygens (including phenoxy) is 2. The monoisotopic (exact) mass is 398 g/mol. The van der Waals surface area contributed by atoms with E-state index in [1.54, 1.807) is 42.5 Å². The second-order valence-corrected chi connectivity index (χ2v) is 6.81. The van der Waals surface area contributed by atoms with Crippen LogP contribution >= 0.6 is 0 Å². The van der Waals surface area contributed by atoms with Crippen LogP contribution in [0.2, 0.25) is 0 Å². The number of carbonyl (C=O) groups is 2. The molecule has 0 N–H and O–H groups in total. The Kier molecular flexibility index (Phi) is 6.43. The fourth-order valence-electron chi connectivity index (χ4n) is 3.42. The van der Waals surface area contributed by atoms with Crippen molar-refractivity contribution in [1.82, 2.24) is 0 Å². The van der Waals surface area contributed by atoms with Gasteiger partial charge in [-0.2, -0.15) is 0 Å². The minimum Gasteiger partial charge on any atom is -0.465 e. The average molecular weight is 398 g/mol. The minimum absolute atomic E-state index is 0.0685. The van der Waals surface area contributed by atoms with Crippen LogP contribution < -0.4 is 4.90 Å². The number of benzene rings is 2. The summed E-state index contributed by atoms with van der Waals surface area (Å²) in [6, 6.07) is 13.4. The van der Waals surface area contributed by atoms with Gasteiger partial charge in [0.05, 0.1) is 23.5 Å². The first-order valence-electron chi connectivity index (χ1n) is 9.32. The van der Waals surface area contributed by atoms with Crippen molar-refractivity contribution >= 4 is 23.3 Å². The largest absolute Gasteiger partial charge is 0.465 e. The molecule has 0 aliphatic carbocycles. The second-order valence-electron chi connectivity index (χ2n) is 6.81. The van der Waals surface area contributed by atoms with Gasteiger partial charge in [0.2, 0.25) is 0 Å². The molecule has 0 bridgehead atoms. The number of piperidine rings is 1. The molecule has 152 valence electrons. The van der Waals surface area contributed by atoms with Crippen molar-refractivity contribution < 1.29 is 24.0 Å². The normalized spacial score (nSPS) is 14.3. The Morgan fingerprint density at radius 3 is 2.55 bits per heavy atom. The van der Waals surface area contributed by atoms with Crippen molar-refractivity contribution in [3.63, 3.8) is 0 Å². The van der Waals surface area contributed by atoms with Crippen molar-refractivity contribution in [2.45, 2.75) is 19.4 Å². The van der Waals surface area contributed by atoms with Crippen molar-refractivity contribution in [1.29, 1.82) is 0 Å². The zero-order valence-corrected chi connectivity index (χ0v) is 16.1. The number of para-hydroxylation sites is 2. The molecule has 1 saturated heterocycles. The number of esters is 2. The molecule has 1 aliphatic rings. The van der Waals surface area contributed by atoms with Crippen LogP contribution in [0.5, 0.6) is 0 Å². The zero-order valence-electron chi connectivity index (χ0n) is 16.1. The van der Waals surface area contributed by atoms with Crippen molar-refractivity contribution in [3.8, 4) is 0 Å². The van der Waals surface area contributed by atoms with Gasteiger partial charge in [0.15, 0.2) is 0 Å². The highest BCUT2D eigenvalue weighted by atomic mass is 16.6. The minimum atomic E-state index is -0.444. The summed E-state index contributed by atoms with van der Waals surface area (Å²) in [5.74, 6) is -0.992. The molecule has 8 nitrogen and oxygen atoms in total. The van der Waals surface area contributed by atoms with Crippen LogP contribution in [0.25, 0.3) is 0 Å². The van der Waals surface area contributed by atoms with Crippen LogP contribution in [0.1, 0.15) is 28.8 Å². The summed E-state index contributed by atoms with van der Waals surface area (Å²) < 4.78 is 10.1. The molecule has 0 atom stereocenters. The molecule has 3 rings (SSSR count). The first-order chi connectivity index (χ1) is 14.0. The van der Waals surface area contributed by atoms with E-state index in [0.717, 1.165) is 0 Å². The lowest BCUT2D eigenvalue weighted by molar-refractivity contribution is -0.384. The molecule has 8 heteroatoms. The van der Waals surface area contributed by atoms with Crippen LogP contribution in [-0.2, 0) is 20.9 Å². The number of rotatable bonds is 6. The maximum atomic E-state index is 12.4. The van der Waals surface area contributed by atoms with Crippen molar-refractivity contribution in [2.24, 2.45) is 5.92 Å². The molecule has 0 aromatic heterocycles. The van der Waals surface area contributed by atoms with Gasteiger partial charge in [-0.05, 0) is 36.6 Å². The Hall–Kier alpha value is -3.42. The van der Waals surface area contributed by atoms with Gasteiger partial charge >= 0.3 is 11.9 Å². The Bertz CT molecular complexity index is 906. The summed E-state index contributed by atoms with van der Waals surface area (Å²) in [5.41, 5.74) is 1.75. The number of anilines is 1. The van der Waals surface area contributed by atoms with E-state index in [2.05, 4.69) is 4.74 Å². The smallest absolute Gasteiger partial charge is 0.337 e. The van der Waals surface area contributed by atoms with E-state index < -0.39 is 10.9 Å². The van der Waals surface area contributed by atoms with Crippen LogP contribution in [0, 0.1) is 16.0 Å². The standard InChI is InChI=1S/C21H22N2O6/c1-28-20(24)17-6-4-5-15(13-17)14-29-21(25)16-9-11-22(12-10-16)18-7-2-3-8-19(18)23(26)27/h2-8,13,16H,9-12,14H2,1H3. The fraction of sp³-hybridized carbons (Fsp3) is 0.333. The maximum Gasteiger partial charge on any atom is 0.337 e. The maximum absolute atomic E-state index is 12.4. The molecule has 1 fully saturated rings. The second kappa shape index (κ2) is 9.18. The highest BCUT2D eigenvalue weighted by Gasteiger charge is 2.29. The summed E-state index contributed by atoms with van der Waals surface area (Å²) in [5, 5.41) is 11.2. The first kappa shape index (κ1) is 20.3. The predicted molar refractivity (Wildman–Crippen MR) is 106 cm³/mol.